The summed E-state index contributed by atoms with van der Waals surface area (Å²) < 4.78 is 93.6. The van der Waals surface area contributed by atoms with E-state index in [1.807, 2.05) is 0 Å². The molecule has 212 valence electrons. The average molecular weight is 559 g/mol. The number of nitrogens with zero attached hydrogens (tertiary/aromatic N) is 1. The zero-order valence-corrected chi connectivity index (χ0v) is 21.1. The molecule has 0 radical (unpaired) electrons. The first-order valence-electron chi connectivity index (χ1n) is 12.6. The molecule has 0 aromatic heterocycles. The van der Waals surface area contributed by atoms with Gasteiger partial charge in [-0.25, -0.2) is 9.18 Å². The van der Waals surface area contributed by atoms with Crippen molar-refractivity contribution < 1.29 is 40.6 Å². The highest BCUT2D eigenvalue weighted by Crippen LogP contribution is 2.49. The van der Waals surface area contributed by atoms with Crippen molar-refractivity contribution >= 4 is 5.97 Å². The minimum atomic E-state index is -4.91. The van der Waals surface area contributed by atoms with Crippen LogP contribution in [0.3, 0.4) is 0 Å². The van der Waals surface area contributed by atoms with E-state index in [-0.39, 0.29) is 23.6 Å². The molecular formula is C28H29F7N2O2. The highest BCUT2D eigenvalue weighted by Gasteiger charge is 2.42. The second-order valence-corrected chi connectivity index (χ2v) is 10.6. The molecule has 0 spiro atoms. The quantitative estimate of drug-likeness (QED) is 0.319. The van der Waals surface area contributed by atoms with E-state index in [0.29, 0.717) is 49.7 Å². The molecule has 39 heavy (non-hydrogen) atoms. The zero-order valence-electron chi connectivity index (χ0n) is 21.1. The number of carboxylic acid groups (broad SMARTS) is 1. The summed E-state index contributed by atoms with van der Waals surface area (Å²) in [6.07, 6.45) is -5.53. The van der Waals surface area contributed by atoms with Crippen molar-refractivity contribution in [2.75, 3.05) is 13.1 Å². The van der Waals surface area contributed by atoms with Gasteiger partial charge in [0.25, 0.3) is 0 Å². The number of halogens is 7. The predicted molar refractivity (Wildman–Crippen MR) is 130 cm³/mol. The molecule has 2 aromatic rings. The van der Waals surface area contributed by atoms with Gasteiger partial charge in [0, 0.05) is 24.2 Å². The van der Waals surface area contributed by atoms with Crippen LogP contribution in [0.2, 0.25) is 0 Å². The van der Waals surface area contributed by atoms with Gasteiger partial charge in [-0.1, -0.05) is 25.5 Å². The van der Waals surface area contributed by atoms with Crippen molar-refractivity contribution in [2.24, 2.45) is 11.3 Å². The van der Waals surface area contributed by atoms with Crippen molar-refractivity contribution in [3.63, 3.8) is 0 Å². The van der Waals surface area contributed by atoms with E-state index in [1.54, 1.807) is 6.07 Å². The van der Waals surface area contributed by atoms with E-state index < -0.39 is 40.8 Å². The molecule has 1 aliphatic heterocycles. The number of carboxylic acids is 1. The van der Waals surface area contributed by atoms with Crippen LogP contribution in [-0.4, -0.2) is 29.1 Å². The zero-order chi connectivity index (χ0) is 28.6. The summed E-state index contributed by atoms with van der Waals surface area (Å²) in [6, 6.07) is 5.58. The number of aromatic carboxylic acids is 1. The van der Waals surface area contributed by atoms with Gasteiger partial charge in [-0.05, 0) is 79.7 Å². The normalized spacial score (nSPS) is 18.1. The fraction of sp³-hybridized carbons (Fsp3) is 0.464. The standard InChI is InChI=1S/C28H29F7N2O2/c1-17(36-15-20-10-21(27(30,31)32)13-22(11-20)28(33,34)35)26(14-18-2-3-18)6-8-37(9-7-26)16-19-4-5-23(25(38)39)24(29)12-19/h4-5,10-13,18,36H,1-3,6-9,14-16H2,(H,38,39). The molecule has 0 amide bonds. The molecule has 4 rings (SSSR count). The minimum Gasteiger partial charge on any atom is -0.478 e. The number of rotatable bonds is 9. The maximum absolute atomic E-state index is 14.1. The van der Waals surface area contributed by atoms with Gasteiger partial charge in [0.05, 0.1) is 16.7 Å². The largest absolute Gasteiger partial charge is 0.478 e. The lowest BCUT2D eigenvalue weighted by molar-refractivity contribution is -0.143. The lowest BCUT2D eigenvalue weighted by Crippen LogP contribution is -2.43. The highest BCUT2D eigenvalue weighted by molar-refractivity contribution is 5.87. The van der Waals surface area contributed by atoms with E-state index in [2.05, 4.69) is 16.8 Å². The highest BCUT2D eigenvalue weighted by atomic mass is 19.4. The maximum Gasteiger partial charge on any atom is 0.416 e. The molecule has 0 atom stereocenters. The third-order valence-electron chi connectivity index (χ3n) is 7.65. The number of alkyl halides is 6. The van der Waals surface area contributed by atoms with Gasteiger partial charge in [-0.2, -0.15) is 26.3 Å². The Balaban J connectivity index is 1.44. The fourth-order valence-electron chi connectivity index (χ4n) is 5.25. The van der Waals surface area contributed by atoms with E-state index >= 15 is 0 Å². The van der Waals surface area contributed by atoms with E-state index in [4.69, 9.17) is 5.11 Å². The Morgan fingerprint density at radius 1 is 0.974 bits per heavy atom. The van der Waals surface area contributed by atoms with Crippen LogP contribution in [0.15, 0.2) is 48.7 Å². The monoisotopic (exact) mass is 558 g/mol. The molecule has 4 nitrogen and oxygen atoms in total. The Kier molecular flexibility index (Phi) is 8.03. The van der Waals surface area contributed by atoms with Gasteiger partial charge in [0.1, 0.15) is 5.82 Å². The Bertz CT molecular complexity index is 1200. The molecule has 2 aliphatic rings. The van der Waals surface area contributed by atoms with Gasteiger partial charge in [-0.15, -0.1) is 0 Å². The van der Waals surface area contributed by atoms with Gasteiger partial charge < -0.3 is 10.4 Å². The van der Waals surface area contributed by atoms with E-state index in [1.165, 1.54) is 12.1 Å². The van der Waals surface area contributed by atoms with E-state index in [9.17, 15) is 35.5 Å². The lowest BCUT2D eigenvalue weighted by Gasteiger charge is -2.44. The third kappa shape index (κ3) is 7.12. The summed E-state index contributed by atoms with van der Waals surface area (Å²) in [5.74, 6) is -1.65. The molecule has 0 bridgehead atoms. The van der Waals surface area contributed by atoms with Crippen LogP contribution in [0.4, 0.5) is 30.7 Å². The molecule has 2 N–H and O–H groups in total. The van der Waals surface area contributed by atoms with Gasteiger partial charge in [0.2, 0.25) is 0 Å². The minimum absolute atomic E-state index is 0.115. The number of hydrogen-bond acceptors (Lipinski definition) is 3. The smallest absolute Gasteiger partial charge is 0.416 e. The molecule has 1 aliphatic carbocycles. The SMILES string of the molecule is C=C(NCc1cc(C(F)(F)F)cc(C(F)(F)F)c1)C1(CC2CC2)CCN(Cc2ccc(C(=O)O)c(F)c2)CC1. The van der Waals surface area contributed by atoms with Gasteiger partial charge >= 0.3 is 18.3 Å². The van der Waals surface area contributed by atoms with Crippen LogP contribution in [0.25, 0.3) is 0 Å². The average Bonchev–Trinajstić information content (AvgIpc) is 3.66. The van der Waals surface area contributed by atoms with Crippen molar-refractivity contribution in [1.82, 2.24) is 10.2 Å². The lowest BCUT2D eigenvalue weighted by atomic mass is 9.72. The van der Waals surface area contributed by atoms with Crippen molar-refractivity contribution in [3.05, 3.63) is 82.3 Å². The number of likely N-dealkylation sites (tertiary alicyclic amines) is 1. The fourth-order valence-corrected chi connectivity index (χ4v) is 5.25. The van der Waals surface area contributed by atoms with Crippen molar-refractivity contribution in [2.45, 2.75) is 57.5 Å². The molecule has 0 unspecified atom stereocenters. The first-order valence-corrected chi connectivity index (χ1v) is 12.6. The Hall–Kier alpha value is -3.08. The van der Waals surface area contributed by atoms with Crippen molar-refractivity contribution in [1.29, 1.82) is 0 Å². The summed E-state index contributed by atoms with van der Waals surface area (Å²) in [6.45, 7) is 5.59. The number of hydrogen-bond donors (Lipinski definition) is 2. The Labute approximate surface area is 221 Å². The van der Waals surface area contributed by atoms with Gasteiger partial charge in [-0.3, -0.25) is 4.90 Å². The van der Waals surface area contributed by atoms with Crippen LogP contribution in [0.1, 0.15) is 64.7 Å². The van der Waals surface area contributed by atoms with E-state index in [0.717, 1.165) is 31.4 Å². The molecule has 2 fully saturated rings. The molecule has 11 heteroatoms. The summed E-state index contributed by atoms with van der Waals surface area (Å²) >= 11 is 0. The third-order valence-corrected chi connectivity index (χ3v) is 7.65. The topological polar surface area (TPSA) is 52.6 Å². The molecule has 2 aromatic carbocycles. The maximum atomic E-state index is 14.1. The number of allylic oxidation sites excluding steroid dienone is 1. The van der Waals surface area contributed by atoms with Crippen molar-refractivity contribution in [3.8, 4) is 0 Å². The predicted octanol–water partition coefficient (Wildman–Crippen LogP) is 7.25. The number of nitrogens with one attached hydrogen (secondary N) is 1. The summed E-state index contributed by atoms with van der Waals surface area (Å²) in [5, 5.41) is 12.1. The number of benzene rings is 2. The van der Waals surface area contributed by atoms with Gasteiger partial charge in [0.15, 0.2) is 0 Å². The molecule has 1 saturated carbocycles. The first-order chi connectivity index (χ1) is 18.2. The van der Waals surface area contributed by atoms with Crippen LogP contribution in [0, 0.1) is 17.2 Å². The second-order valence-electron chi connectivity index (χ2n) is 10.6. The van der Waals surface area contributed by atoms with Crippen LogP contribution in [-0.2, 0) is 25.4 Å². The van der Waals surface area contributed by atoms with Crippen LogP contribution >= 0.6 is 0 Å². The molecule has 1 heterocycles. The summed E-state index contributed by atoms with van der Waals surface area (Å²) in [4.78, 5) is 13.2. The summed E-state index contributed by atoms with van der Waals surface area (Å²) in [7, 11) is 0. The molecule has 1 saturated heterocycles. The number of carbonyl (C=O) groups is 1. The second kappa shape index (κ2) is 10.8. The number of piperidine rings is 1. The van der Waals surface area contributed by atoms with Crippen LogP contribution in [0.5, 0.6) is 0 Å². The van der Waals surface area contributed by atoms with Crippen LogP contribution < -0.4 is 5.32 Å². The Morgan fingerprint density at radius 3 is 2.05 bits per heavy atom. The summed E-state index contributed by atoms with van der Waals surface area (Å²) in [5.41, 5.74) is -2.38. The molecular weight excluding hydrogens is 529 g/mol. The first kappa shape index (κ1) is 28.9. The Morgan fingerprint density at radius 2 is 1.56 bits per heavy atom.